The summed E-state index contributed by atoms with van der Waals surface area (Å²) < 4.78 is 26.8. The van der Waals surface area contributed by atoms with Gasteiger partial charge in [0.05, 0.1) is 0 Å². The van der Waals surface area contributed by atoms with E-state index in [1.807, 2.05) is 0 Å². The number of allylic oxidation sites excluding steroid dienone is 1. The van der Waals surface area contributed by atoms with E-state index in [-0.39, 0.29) is 5.57 Å². The highest BCUT2D eigenvalue weighted by atomic mass is 19.1. The summed E-state index contributed by atoms with van der Waals surface area (Å²) in [6.07, 6.45) is 0.399. The molecular formula is C12H10F2O2. The number of hydrogen-bond donors (Lipinski definition) is 1. The number of alkyl halides is 1. The van der Waals surface area contributed by atoms with E-state index >= 15 is 0 Å². The Morgan fingerprint density at radius 3 is 2.88 bits per heavy atom. The van der Waals surface area contributed by atoms with E-state index in [0.29, 0.717) is 24.0 Å². The Balaban J connectivity index is 2.49. The smallest absolute Gasteiger partial charge is 0.343 e. The molecule has 0 amide bonds. The van der Waals surface area contributed by atoms with E-state index in [0.717, 1.165) is 0 Å². The number of halogens is 2. The Kier molecular flexibility index (Phi) is 2.73. The van der Waals surface area contributed by atoms with Crippen molar-refractivity contribution >= 4 is 11.5 Å². The molecule has 0 saturated heterocycles. The van der Waals surface area contributed by atoms with Crippen LogP contribution in [0.4, 0.5) is 8.78 Å². The van der Waals surface area contributed by atoms with Crippen LogP contribution in [0.15, 0.2) is 24.3 Å². The first-order valence-electron chi connectivity index (χ1n) is 4.96. The Morgan fingerprint density at radius 1 is 1.44 bits per heavy atom. The lowest BCUT2D eigenvalue weighted by Crippen LogP contribution is -2.19. The zero-order valence-corrected chi connectivity index (χ0v) is 8.41. The maximum atomic E-state index is 13.4. The first-order valence-corrected chi connectivity index (χ1v) is 4.96. The molecule has 2 rings (SSSR count). The largest absolute Gasteiger partial charge is 0.479 e. The number of carboxylic acid groups (broad SMARTS) is 1. The summed E-state index contributed by atoms with van der Waals surface area (Å²) in [6, 6.07) is 4.32. The maximum absolute atomic E-state index is 13.4. The molecule has 0 radical (unpaired) electrons. The fraction of sp³-hybridized carbons (Fsp3) is 0.250. The van der Waals surface area contributed by atoms with Crippen LogP contribution < -0.4 is 0 Å². The molecule has 1 unspecified atom stereocenters. The fourth-order valence-electron chi connectivity index (χ4n) is 1.94. The van der Waals surface area contributed by atoms with Crippen molar-refractivity contribution in [3.8, 4) is 0 Å². The minimum atomic E-state index is -2.08. The SMILES string of the molecule is O=C(O)C(F)C1=CCCc2c(F)cccc21. The number of carbonyl (C=O) groups is 1. The minimum absolute atomic E-state index is 0.0632. The van der Waals surface area contributed by atoms with Gasteiger partial charge in [-0.15, -0.1) is 0 Å². The molecule has 0 fully saturated rings. The van der Waals surface area contributed by atoms with Crippen molar-refractivity contribution in [2.75, 3.05) is 0 Å². The first-order chi connectivity index (χ1) is 7.61. The van der Waals surface area contributed by atoms with Crippen molar-refractivity contribution in [1.29, 1.82) is 0 Å². The van der Waals surface area contributed by atoms with Gasteiger partial charge in [-0.3, -0.25) is 0 Å². The van der Waals surface area contributed by atoms with E-state index in [2.05, 4.69) is 0 Å². The monoisotopic (exact) mass is 224 g/mol. The van der Waals surface area contributed by atoms with Gasteiger partial charge in [0.25, 0.3) is 0 Å². The summed E-state index contributed by atoms with van der Waals surface area (Å²) in [5.41, 5.74) is 0.846. The van der Waals surface area contributed by atoms with Crippen molar-refractivity contribution in [2.45, 2.75) is 19.0 Å². The molecule has 1 aliphatic carbocycles. The van der Waals surface area contributed by atoms with Gasteiger partial charge in [0.1, 0.15) is 5.82 Å². The van der Waals surface area contributed by atoms with Gasteiger partial charge in [0, 0.05) is 5.57 Å². The summed E-state index contributed by atoms with van der Waals surface area (Å²) in [5, 5.41) is 8.62. The lowest BCUT2D eigenvalue weighted by atomic mass is 9.88. The molecule has 84 valence electrons. The van der Waals surface area contributed by atoms with Crippen molar-refractivity contribution < 1.29 is 18.7 Å². The van der Waals surface area contributed by atoms with Crippen LogP contribution in [-0.2, 0) is 11.2 Å². The Morgan fingerprint density at radius 2 is 2.19 bits per heavy atom. The summed E-state index contributed by atoms with van der Waals surface area (Å²) in [7, 11) is 0. The van der Waals surface area contributed by atoms with Gasteiger partial charge in [-0.05, 0) is 30.0 Å². The van der Waals surface area contributed by atoms with Crippen LogP contribution in [0.1, 0.15) is 17.5 Å². The number of fused-ring (bicyclic) bond motifs is 1. The molecule has 1 N–H and O–H groups in total. The summed E-state index contributed by atoms with van der Waals surface area (Å²) in [5.74, 6) is -1.94. The molecule has 0 bridgehead atoms. The van der Waals surface area contributed by atoms with Crippen LogP contribution in [0.25, 0.3) is 5.57 Å². The number of benzene rings is 1. The van der Waals surface area contributed by atoms with Crippen molar-refractivity contribution in [3.63, 3.8) is 0 Å². The second-order valence-corrected chi connectivity index (χ2v) is 3.66. The van der Waals surface area contributed by atoms with Crippen LogP contribution in [-0.4, -0.2) is 17.2 Å². The Bertz CT molecular complexity index is 466. The van der Waals surface area contributed by atoms with Crippen LogP contribution in [0.5, 0.6) is 0 Å². The maximum Gasteiger partial charge on any atom is 0.343 e. The highest BCUT2D eigenvalue weighted by molar-refractivity contribution is 5.91. The Labute approximate surface area is 91.2 Å². The molecular weight excluding hydrogens is 214 g/mol. The molecule has 0 aromatic heterocycles. The van der Waals surface area contributed by atoms with Gasteiger partial charge < -0.3 is 5.11 Å². The van der Waals surface area contributed by atoms with E-state index in [1.54, 1.807) is 6.07 Å². The average Bonchev–Trinajstić information content (AvgIpc) is 2.28. The highest BCUT2D eigenvalue weighted by Crippen LogP contribution is 2.31. The van der Waals surface area contributed by atoms with Crippen LogP contribution in [0.3, 0.4) is 0 Å². The van der Waals surface area contributed by atoms with Gasteiger partial charge in [-0.1, -0.05) is 18.2 Å². The second kappa shape index (κ2) is 4.04. The van der Waals surface area contributed by atoms with E-state index in [1.165, 1.54) is 18.2 Å². The zero-order valence-electron chi connectivity index (χ0n) is 8.41. The average molecular weight is 224 g/mol. The third-order valence-corrected chi connectivity index (χ3v) is 2.68. The molecule has 4 heteroatoms. The fourth-order valence-corrected chi connectivity index (χ4v) is 1.94. The third kappa shape index (κ3) is 1.71. The molecule has 16 heavy (non-hydrogen) atoms. The number of rotatable bonds is 2. The number of carboxylic acids is 1. The molecule has 0 saturated carbocycles. The van der Waals surface area contributed by atoms with Gasteiger partial charge in [0.2, 0.25) is 6.17 Å². The topological polar surface area (TPSA) is 37.3 Å². The van der Waals surface area contributed by atoms with Gasteiger partial charge >= 0.3 is 5.97 Å². The Hall–Kier alpha value is -1.71. The molecule has 1 atom stereocenters. The van der Waals surface area contributed by atoms with Crippen LogP contribution in [0.2, 0.25) is 0 Å². The van der Waals surface area contributed by atoms with E-state index in [4.69, 9.17) is 5.11 Å². The molecule has 0 spiro atoms. The predicted octanol–water partition coefficient (Wildman–Crippen LogP) is 2.58. The normalized spacial score (nSPS) is 16.2. The number of hydrogen-bond acceptors (Lipinski definition) is 1. The molecule has 0 heterocycles. The third-order valence-electron chi connectivity index (χ3n) is 2.68. The van der Waals surface area contributed by atoms with Gasteiger partial charge in [-0.25, -0.2) is 13.6 Å². The second-order valence-electron chi connectivity index (χ2n) is 3.66. The molecule has 2 nitrogen and oxygen atoms in total. The van der Waals surface area contributed by atoms with E-state index < -0.39 is 18.0 Å². The van der Waals surface area contributed by atoms with Crippen LogP contribution in [0, 0.1) is 5.82 Å². The standard InChI is InChI=1S/C12H10F2O2/c13-10-6-2-3-7-8(10)4-1-5-9(7)11(14)12(15)16/h2-3,5-6,11H,1,4H2,(H,15,16). The molecule has 1 aliphatic rings. The van der Waals surface area contributed by atoms with E-state index in [9.17, 15) is 13.6 Å². The molecule has 1 aromatic carbocycles. The first kappa shape index (κ1) is 10.8. The quantitative estimate of drug-likeness (QED) is 0.838. The van der Waals surface area contributed by atoms with Crippen molar-refractivity contribution in [2.24, 2.45) is 0 Å². The van der Waals surface area contributed by atoms with Crippen molar-refractivity contribution in [3.05, 3.63) is 41.2 Å². The zero-order chi connectivity index (χ0) is 11.7. The predicted molar refractivity (Wildman–Crippen MR) is 55.2 cm³/mol. The lowest BCUT2D eigenvalue weighted by molar-refractivity contribution is -0.140. The summed E-state index contributed by atoms with van der Waals surface area (Å²) >= 11 is 0. The van der Waals surface area contributed by atoms with Gasteiger partial charge in [-0.2, -0.15) is 0 Å². The lowest BCUT2D eigenvalue weighted by Gasteiger charge is -2.19. The highest BCUT2D eigenvalue weighted by Gasteiger charge is 2.27. The molecule has 1 aromatic rings. The number of aliphatic carboxylic acids is 1. The van der Waals surface area contributed by atoms with Gasteiger partial charge in [0.15, 0.2) is 0 Å². The molecule has 0 aliphatic heterocycles. The summed E-state index contributed by atoms with van der Waals surface area (Å²) in [6.45, 7) is 0. The minimum Gasteiger partial charge on any atom is -0.479 e. The van der Waals surface area contributed by atoms with Crippen molar-refractivity contribution in [1.82, 2.24) is 0 Å². The van der Waals surface area contributed by atoms with Crippen LogP contribution >= 0.6 is 0 Å². The summed E-state index contributed by atoms with van der Waals surface area (Å²) in [4.78, 5) is 10.6.